The van der Waals surface area contributed by atoms with E-state index in [1.807, 2.05) is 24.5 Å². The average Bonchev–Trinajstić information content (AvgIpc) is 3.57. The van der Waals surface area contributed by atoms with Gasteiger partial charge in [0.25, 0.3) is 0 Å². The Morgan fingerprint density at radius 3 is 2.76 bits per heavy atom. The molecule has 6 aromatic rings. The quantitative estimate of drug-likeness (QED) is 0.207. The predicted octanol–water partition coefficient (Wildman–Crippen LogP) is 3.61. The highest BCUT2D eigenvalue weighted by atomic mass is 32.2. The van der Waals surface area contributed by atoms with Gasteiger partial charge in [-0.15, -0.1) is 0 Å². The van der Waals surface area contributed by atoms with Crippen LogP contribution in [0.2, 0.25) is 0 Å². The van der Waals surface area contributed by atoms with Gasteiger partial charge in [0, 0.05) is 49.2 Å². The summed E-state index contributed by atoms with van der Waals surface area (Å²) in [4.78, 5) is 28.6. The van der Waals surface area contributed by atoms with Crippen LogP contribution in [0.15, 0.2) is 55.1 Å². The van der Waals surface area contributed by atoms with Crippen molar-refractivity contribution in [3.63, 3.8) is 0 Å². The van der Waals surface area contributed by atoms with Crippen molar-refractivity contribution in [1.29, 1.82) is 0 Å². The summed E-state index contributed by atoms with van der Waals surface area (Å²) in [5.41, 5.74) is 12.0. The monoisotopic (exact) mass is 581 g/mol. The predicted molar refractivity (Wildman–Crippen MR) is 168 cm³/mol. The van der Waals surface area contributed by atoms with Gasteiger partial charge in [-0.25, -0.2) is 19.3 Å². The summed E-state index contributed by atoms with van der Waals surface area (Å²) >= 11 is 0. The second-order valence-electron chi connectivity index (χ2n) is 10.7. The minimum atomic E-state index is -1.45. The van der Waals surface area contributed by atoms with Crippen LogP contribution in [-0.4, -0.2) is 77.2 Å². The molecule has 0 amide bonds. The Labute approximate surface area is 241 Å². The molecule has 7 rings (SSSR count). The Kier molecular flexibility index (Phi) is 6.22. The summed E-state index contributed by atoms with van der Waals surface area (Å²) in [5, 5.41) is 8.22. The van der Waals surface area contributed by atoms with Crippen molar-refractivity contribution in [2.24, 2.45) is 5.73 Å². The lowest BCUT2D eigenvalue weighted by Crippen LogP contribution is -2.56. The molecule has 13 heteroatoms. The zero-order valence-corrected chi connectivity index (χ0v) is 23.6. The maximum Gasteiger partial charge on any atom is 0.181 e. The fraction of sp³-hybridized carbons (Fsp3) is 0.172. The van der Waals surface area contributed by atoms with Crippen molar-refractivity contribution < 1.29 is 4.39 Å². The van der Waals surface area contributed by atoms with Gasteiger partial charge in [0.1, 0.15) is 22.8 Å². The normalized spacial score (nSPS) is 14.1. The van der Waals surface area contributed by atoms with E-state index in [2.05, 4.69) is 51.5 Å². The van der Waals surface area contributed by atoms with E-state index in [-0.39, 0.29) is 11.9 Å². The molecule has 0 bridgehead atoms. The van der Waals surface area contributed by atoms with Crippen molar-refractivity contribution in [3.05, 3.63) is 66.5 Å². The number of halogens is 1. The van der Waals surface area contributed by atoms with Crippen LogP contribution in [0.5, 0.6) is 0 Å². The summed E-state index contributed by atoms with van der Waals surface area (Å²) in [6.07, 6.45) is 8.79. The maximum atomic E-state index is 14.7. The van der Waals surface area contributed by atoms with E-state index in [1.165, 1.54) is 12.1 Å². The first-order valence-electron chi connectivity index (χ1n) is 13.2. The molecule has 0 unspecified atom stereocenters. The number of aromatic nitrogens is 8. The number of fused-ring (bicyclic) bond motifs is 2. The van der Waals surface area contributed by atoms with Crippen LogP contribution in [0.3, 0.4) is 0 Å². The van der Waals surface area contributed by atoms with Gasteiger partial charge >= 0.3 is 0 Å². The van der Waals surface area contributed by atoms with E-state index >= 15 is 0 Å². The topological polar surface area (TPSA) is 150 Å². The molecule has 11 nitrogen and oxygen atoms in total. The van der Waals surface area contributed by atoms with Gasteiger partial charge in [0.15, 0.2) is 11.5 Å². The minimum Gasteiger partial charge on any atom is -0.352 e. The number of aromatic amines is 2. The zero-order chi connectivity index (χ0) is 29.0. The first-order valence-corrected chi connectivity index (χ1v) is 15.6. The Hall–Kier alpha value is -4.72. The van der Waals surface area contributed by atoms with Crippen LogP contribution < -0.4 is 15.4 Å². The summed E-state index contributed by atoms with van der Waals surface area (Å²) < 4.78 is 18.0. The van der Waals surface area contributed by atoms with Crippen LogP contribution in [-0.2, 0) is 6.54 Å². The number of nitrogens with two attached hydrogens (primary N) is 1. The molecular formula is C29H28FN11S. The molecule has 6 heterocycles. The summed E-state index contributed by atoms with van der Waals surface area (Å²) in [6.45, 7) is 1.95. The van der Waals surface area contributed by atoms with Gasteiger partial charge in [-0.05, 0) is 42.2 Å². The molecule has 0 spiro atoms. The van der Waals surface area contributed by atoms with E-state index in [0.717, 1.165) is 40.9 Å². The number of hydrogen-bond donors (Lipinski definition) is 4. The van der Waals surface area contributed by atoms with Crippen LogP contribution >= 0.6 is 9.39 Å². The minimum absolute atomic E-state index is 0.158. The zero-order valence-electron chi connectivity index (χ0n) is 22.8. The Morgan fingerprint density at radius 1 is 1.10 bits per heavy atom. The standard InChI is InChI=1S/C29H28FN11S/c1-42(2,3)35-10-16-6-17(8-19(30)7-16)25-27-22(4-5-33-25)37-29(38-27)26-21-9-18(11-34-28(21)40-39-26)23-12-32-13-24(36-23)41-14-20(31)15-41/h4-9,11-13,20,35H,1-2,10,14-15,31H2,3H3,(H,37,38)(H,34,39,40). The molecule has 1 aromatic carbocycles. The average molecular weight is 582 g/mol. The molecule has 1 aliphatic rings. The van der Waals surface area contributed by atoms with E-state index in [1.54, 1.807) is 24.8 Å². The number of benzene rings is 1. The highest BCUT2D eigenvalue weighted by Crippen LogP contribution is 2.32. The Bertz CT molecular complexity index is 2080. The number of anilines is 1. The van der Waals surface area contributed by atoms with Crippen molar-refractivity contribution in [3.8, 4) is 34.0 Å². The molecule has 1 saturated heterocycles. The molecule has 1 fully saturated rings. The molecule has 0 radical (unpaired) electrons. The summed E-state index contributed by atoms with van der Waals surface area (Å²) in [7, 11) is -1.45. The third kappa shape index (κ3) is 4.98. The fourth-order valence-corrected chi connectivity index (χ4v) is 5.49. The largest absolute Gasteiger partial charge is 0.352 e. The first-order chi connectivity index (χ1) is 20.2. The van der Waals surface area contributed by atoms with Gasteiger partial charge in [-0.1, -0.05) is 11.7 Å². The lowest BCUT2D eigenvalue weighted by Gasteiger charge is -2.37. The van der Waals surface area contributed by atoms with Gasteiger partial charge < -0.3 is 15.6 Å². The molecule has 0 saturated carbocycles. The van der Waals surface area contributed by atoms with Gasteiger partial charge in [0.2, 0.25) is 0 Å². The summed E-state index contributed by atoms with van der Waals surface area (Å²) in [6, 6.07) is 8.83. The smallest absolute Gasteiger partial charge is 0.181 e. The highest BCUT2D eigenvalue weighted by molar-refractivity contribution is 8.25. The molecule has 42 heavy (non-hydrogen) atoms. The van der Waals surface area contributed by atoms with Gasteiger partial charge in [-0.3, -0.25) is 19.8 Å². The number of hydrogen-bond acceptors (Lipinski definition) is 9. The van der Waals surface area contributed by atoms with Crippen LogP contribution in [0.1, 0.15) is 5.56 Å². The Morgan fingerprint density at radius 2 is 1.95 bits per heavy atom. The van der Waals surface area contributed by atoms with E-state index in [9.17, 15) is 4.39 Å². The maximum absolute atomic E-state index is 14.7. The van der Waals surface area contributed by atoms with E-state index in [0.29, 0.717) is 46.2 Å². The number of nitrogens with one attached hydrogen (secondary N) is 3. The van der Waals surface area contributed by atoms with Crippen molar-refractivity contribution in [1.82, 2.24) is 44.8 Å². The molecule has 1 aliphatic heterocycles. The Balaban J connectivity index is 1.26. The third-order valence-corrected chi connectivity index (χ3v) is 7.90. The van der Waals surface area contributed by atoms with Crippen molar-refractivity contribution in [2.75, 3.05) is 24.2 Å². The van der Waals surface area contributed by atoms with Crippen LogP contribution in [0.4, 0.5) is 10.2 Å². The van der Waals surface area contributed by atoms with Gasteiger partial charge in [-0.2, -0.15) is 14.5 Å². The highest BCUT2D eigenvalue weighted by Gasteiger charge is 2.25. The number of imidazole rings is 1. The van der Waals surface area contributed by atoms with E-state index < -0.39 is 9.39 Å². The first kappa shape index (κ1) is 26.2. The molecule has 212 valence electrons. The SMILES string of the molecule is C=S(=C)(C)NCc1cc(F)cc(-c2nccc3[nH]c(-c4[nH]nc5ncc(-c6cncc(N7CC(N)C7)n6)cc45)nc23)c1. The molecule has 0 aliphatic carbocycles. The van der Waals surface area contributed by atoms with Crippen molar-refractivity contribution in [2.45, 2.75) is 12.6 Å². The lowest BCUT2D eigenvalue weighted by atomic mass is 10.1. The van der Waals surface area contributed by atoms with Crippen LogP contribution in [0, 0.1) is 5.82 Å². The van der Waals surface area contributed by atoms with Crippen molar-refractivity contribution >= 4 is 49.0 Å². The van der Waals surface area contributed by atoms with E-state index in [4.69, 9.17) is 15.7 Å². The second-order valence-corrected chi connectivity index (χ2v) is 13.5. The number of nitrogens with zero attached hydrogens (tertiary/aromatic N) is 7. The molecule has 0 atom stereocenters. The summed E-state index contributed by atoms with van der Waals surface area (Å²) in [5.74, 6) is 9.05. The lowest BCUT2D eigenvalue weighted by molar-refractivity contribution is 0.514. The van der Waals surface area contributed by atoms with Gasteiger partial charge in [0.05, 0.1) is 34.7 Å². The molecule has 5 N–H and O–H groups in total. The number of rotatable bonds is 7. The molecule has 5 aromatic heterocycles. The third-order valence-electron chi connectivity index (χ3n) is 7.05. The second kappa shape index (κ2) is 9.98. The van der Waals surface area contributed by atoms with Crippen LogP contribution in [0.25, 0.3) is 56.1 Å². The molecular weight excluding hydrogens is 553 g/mol. The number of pyridine rings is 2. The number of H-pyrrole nitrogens is 2. The fourth-order valence-electron chi connectivity index (χ4n) is 4.98.